The molecule has 0 radical (unpaired) electrons. The second-order valence-electron chi connectivity index (χ2n) is 6.47. The van der Waals surface area contributed by atoms with Crippen molar-refractivity contribution >= 4 is 17.7 Å². The Hall–Kier alpha value is -2.32. The monoisotopic (exact) mass is 357 g/mol. The fourth-order valence-corrected chi connectivity index (χ4v) is 3.56. The molecule has 2 aliphatic heterocycles. The summed E-state index contributed by atoms with van der Waals surface area (Å²) in [5.41, 5.74) is 0.590. The number of imide groups is 1. The molecule has 1 atom stereocenters. The fourth-order valence-electron chi connectivity index (χ4n) is 3.56. The number of hydrogen-bond donors (Lipinski definition) is 0. The van der Waals surface area contributed by atoms with Crippen molar-refractivity contribution in [1.29, 1.82) is 0 Å². The lowest BCUT2D eigenvalue weighted by Gasteiger charge is -2.15. The molecule has 136 valence electrons. The maximum Gasteiger partial charge on any atom is 0.406 e. The van der Waals surface area contributed by atoms with Crippen molar-refractivity contribution in [2.75, 3.05) is 13.1 Å². The first-order chi connectivity index (χ1) is 11.6. The zero-order valence-electron chi connectivity index (χ0n) is 13.9. The highest BCUT2D eigenvalue weighted by molar-refractivity contribution is 6.09. The number of carbonyl (C=O) groups is 3. The van der Waals surface area contributed by atoms with Gasteiger partial charge in [0.1, 0.15) is 12.6 Å². The minimum Gasteiger partial charge on any atom is -0.339 e. The van der Waals surface area contributed by atoms with Crippen molar-refractivity contribution < 1.29 is 27.6 Å². The Morgan fingerprint density at radius 3 is 2.56 bits per heavy atom. The summed E-state index contributed by atoms with van der Waals surface area (Å²) in [6, 6.07) is 0.373. The van der Waals surface area contributed by atoms with Gasteiger partial charge < -0.3 is 9.47 Å². The van der Waals surface area contributed by atoms with Gasteiger partial charge >= 0.3 is 12.2 Å². The van der Waals surface area contributed by atoms with E-state index in [4.69, 9.17) is 0 Å². The normalized spacial score (nSPS) is 20.6. The predicted octanol–water partition coefficient (Wildman–Crippen LogP) is 2.28. The summed E-state index contributed by atoms with van der Waals surface area (Å²) in [5, 5.41) is 0. The molecule has 0 aliphatic carbocycles. The van der Waals surface area contributed by atoms with E-state index in [9.17, 15) is 27.6 Å². The number of carbonyl (C=O) groups excluding carboxylic acids is 3. The van der Waals surface area contributed by atoms with Crippen LogP contribution in [0.25, 0.3) is 0 Å². The molecule has 2 fully saturated rings. The van der Waals surface area contributed by atoms with Crippen LogP contribution in [0.15, 0.2) is 6.07 Å². The average molecular weight is 357 g/mol. The lowest BCUT2D eigenvalue weighted by molar-refractivity contribution is -0.141. The number of aryl methyl sites for hydroxylation is 1. The molecular formula is C16H18F3N3O3. The van der Waals surface area contributed by atoms with Crippen molar-refractivity contribution in [2.45, 2.75) is 45.5 Å². The highest BCUT2D eigenvalue weighted by Crippen LogP contribution is 2.28. The third-order valence-electron chi connectivity index (χ3n) is 4.79. The molecule has 0 aromatic carbocycles. The van der Waals surface area contributed by atoms with Crippen LogP contribution in [0, 0.1) is 13.8 Å². The molecule has 6 nitrogen and oxygen atoms in total. The smallest absolute Gasteiger partial charge is 0.339 e. The van der Waals surface area contributed by atoms with Gasteiger partial charge in [-0.3, -0.25) is 14.5 Å². The van der Waals surface area contributed by atoms with Gasteiger partial charge in [0.15, 0.2) is 5.78 Å². The van der Waals surface area contributed by atoms with Gasteiger partial charge in [0, 0.05) is 23.5 Å². The maximum atomic E-state index is 12.7. The van der Waals surface area contributed by atoms with Crippen LogP contribution in [-0.4, -0.2) is 57.4 Å². The van der Waals surface area contributed by atoms with Crippen LogP contribution in [0.4, 0.5) is 18.0 Å². The van der Waals surface area contributed by atoms with Gasteiger partial charge in [-0.15, -0.1) is 0 Å². The number of amides is 3. The molecule has 3 heterocycles. The summed E-state index contributed by atoms with van der Waals surface area (Å²) in [4.78, 5) is 39.4. The number of urea groups is 1. The second kappa shape index (κ2) is 5.89. The fraction of sp³-hybridized carbons (Fsp3) is 0.562. The molecule has 1 aromatic rings. The van der Waals surface area contributed by atoms with Gasteiger partial charge in [0.2, 0.25) is 0 Å². The molecule has 25 heavy (non-hydrogen) atoms. The molecule has 9 heteroatoms. The van der Waals surface area contributed by atoms with E-state index < -0.39 is 43.0 Å². The van der Waals surface area contributed by atoms with Gasteiger partial charge in [-0.2, -0.15) is 13.2 Å². The van der Waals surface area contributed by atoms with E-state index in [0.29, 0.717) is 18.7 Å². The second-order valence-corrected chi connectivity index (χ2v) is 6.47. The molecule has 1 aromatic heterocycles. The quantitative estimate of drug-likeness (QED) is 0.613. The summed E-state index contributed by atoms with van der Waals surface area (Å²) in [7, 11) is 0. The Morgan fingerprint density at radius 2 is 1.96 bits per heavy atom. The topological polar surface area (TPSA) is 62.6 Å². The molecule has 0 N–H and O–H groups in total. The third kappa shape index (κ3) is 3.03. The van der Waals surface area contributed by atoms with Crippen LogP contribution >= 0.6 is 0 Å². The Bertz CT molecular complexity index is 732. The SMILES string of the molecule is Cc1cc(C(=O)CN2C(=O)[C@H]3CCCN3C2=O)c(C)n1CC(F)(F)F. The summed E-state index contributed by atoms with van der Waals surface area (Å²) >= 11 is 0. The van der Waals surface area contributed by atoms with E-state index >= 15 is 0 Å². The number of alkyl halides is 3. The number of fused-ring (bicyclic) bond motifs is 1. The molecule has 3 rings (SSSR count). The van der Waals surface area contributed by atoms with Crippen LogP contribution < -0.4 is 0 Å². The lowest BCUT2D eigenvalue weighted by atomic mass is 10.1. The molecule has 0 spiro atoms. The number of aromatic nitrogens is 1. The highest BCUT2D eigenvalue weighted by Gasteiger charge is 2.47. The highest BCUT2D eigenvalue weighted by atomic mass is 19.4. The van der Waals surface area contributed by atoms with E-state index in [1.807, 2.05) is 0 Å². The van der Waals surface area contributed by atoms with Gasteiger partial charge in [-0.05, 0) is 32.8 Å². The van der Waals surface area contributed by atoms with Crippen LogP contribution in [0.5, 0.6) is 0 Å². The van der Waals surface area contributed by atoms with Crippen molar-refractivity contribution in [2.24, 2.45) is 0 Å². The summed E-state index contributed by atoms with van der Waals surface area (Å²) in [5.74, 6) is -0.940. The molecule has 0 unspecified atom stereocenters. The molecule has 2 aliphatic rings. The first-order valence-corrected chi connectivity index (χ1v) is 7.99. The maximum absolute atomic E-state index is 12.7. The molecule has 3 amide bonds. The largest absolute Gasteiger partial charge is 0.406 e. The Balaban J connectivity index is 1.79. The Morgan fingerprint density at radius 1 is 1.28 bits per heavy atom. The van der Waals surface area contributed by atoms with Gasteiger partial charge in [0.25, 0.3) is 5.91 Å². The minimum atomic E-state index is -4.40. The summed E-state index contributed by atoms with van der Waals surface area (Å²) in [6.07, 6.45) is -3.07. The van der Waals surface area contributed by atoms with Crippen LogP contribution in [0.3, 0.4) is 0 Å². The third-order valence-corrected chi connectivity index (χ3v) is 4.79. The average Bonchev–Trinajstić information content (AvgIpc) is 3.15. The van der Waals surface area contributed by atoms with Crippen molar-refractivity contribution in [3.8, 4) is 0 Å². The molecule has 0 saturated carbocycles. The first-order valence-electron chi connectivity index (χ1n) is 7.99. The zero-order valence-corrected chi connectivity index (χ0v) is 13.9. The number of hydrogen-bond acceptors (Lipinski definition) is 3. The van der Waals surface area contributed by atoms with Gasteiger partial charge in [-0.25, -0.2) is 4.79 Å². The Labute approximate surface area is 142 Å². The van der Waals surface area contributed by atoms with E-state index in [1.165, 1.54) is 24.8 Å². The number of rotatable bonds is 4. The molecule has 0 bridgehead atoms. The van der Waals surface area contributed by atoms with Crippen LogP contribution in [0.2, 0.25) is 0 Å². The molecular weight excluding hydrogens is 339 g/mol. The summed E-state index contributed by atoms with van der Waals surface area (Å²) < 4.78 is 39.0. The van der Waals surface area contributed by atoms with Crippen molar-refractivity contribution in [3.63, 3.8) is 0 Å². The van der Waals surface area contributed by atoms with Crippen molar-refractivity contribution in [3.05, 3.63) is 23.0 Å². The number of halogens is 3. The first kappa shape index (κ1) is 17.5. The van der Waals surface area contributed by atoms with Crippen molar-refractivity contribution in [1.82, 2.24) is 14.4 Å². The number of Topliss-reactive ketones (excluding diaryl/α,β-unsaturated/α-hetero) is 1. The van der Waals surface area contributed by atoms with Gasteiger partial charge in [0.05, 0.1) is 6.54 Å². The van der Waals surface area contributed by atoms with E-state index in [2.05, 4.69) is 0 Å². The minimum absolute atomic E-state index is 0.106. The zero-order chi connectivity index (χ0) is 18.5. The molecule has 2 saturated heterocycles. The van der Waals surface area contributed by atoms with E-state index in [-0.39, 0.29) is 11.3 Å². The van der Waals surface area contributed by atoms with E-state index in [1.54, 1.807) is 0 Å². The lowest BCUT2D eigenvalue weighted by Crippen LogP contribution is -2.37. The number of nitrogens with zero attached hydrogens (tertiary/aromatic N) is 3. The standard InChI is InChI=1S/C16H18F3N3O3/c1-9-6-11(10(2)22(9)8-16(17,18)19)13(23)7-21-14(24)12-4-3-5-20(12)15(21)25/h6,12H,3-5,7-8H2,1-2H3/t12-/m1/s1. The number of ketones is 1. The van der Waals surface area contributed by atoms with E-state index in [0.717, 1.165) is 15.9 Å². The predicted molar refractivity (Wildman–Crippen MR) is 81.1 cm³/mol. The van der Waals surface area contributed by atoms with Gasteiger partial charge in [-0.1, -0.05) is 0 Å². The Kier molecular flexibility index (Phi) is 4.12. The summed E-state index contributed by atoms with van der Waals surface area (Å²) in [6.45, 7) is 1.77. The van der Waals surface area contributed by atoms with Crippen LogP contribution in [0.1, 0.15) is 34.6 Å². The van der Waals surface area contributed by atoms with Crippen LogP contribution in [-0.2, 0) is 11.3 Å².